The lowest BCUT2D eigenvalue weighted by atomic mass is 10.1. The highest BCUT2D eigenvalue weighted by molar-refractivity contribution is 7.98. The molecule has 0 heterocycles. The monoisotopic (exact) mass is 281 g/mol. The Kier molecular flexibility index (Phi) is 6.02. The Labute approximate surface area is 119 Å². The summed E-state index contributed by atoms with van der Waals surface area (Å²) in [4.78, 5) is 14.3. The number of hydrogen-bond acceptors (Lipinski definition) is 4. The first-order valence-electron chi connectivity index (χ1n) is 6.36. The second-order valence-corrected chi connectivity index (χ2v) is 5.62. The van der Waals surface area contributed by atoms with Crippen molar-refractivity contribution in [3.8, 4) is 0 Å². The Balaban J connectivity index is 2.94. The summed E-state index contributed by atoms with van der Waals surface area (Å²) in [6.07, 6.45) is 2.97. The number of hydrogen-bond donors (Lipinski definition) is 2. The molecule has 4 nitrogen and oxygen atoms in total. The zero-order valence-corrected chi connectivity index (χ0v) is 12.9. The maximum Gasteiger partial charge on any atom is 0.253 e. The zero-order valence-electron chi connectivity index (χ0n) is 12.1. The van der Waals surface area contributed by atoms with Crippen molar-refractivity contribution in [1.29, 1.82) is 0 Å². The third-order valence-electron chi connectivity index (χ3n) is 2.94. The minimum atomic E-state index is -0.0584. The molecule has 106 valence electrons. The largest absolute Gasteiger partial charge is 0.399 e. The second-order valence-electron chi connectivity index (χ2n) is 4.70. The molecule has 19 heavy (non-hydrogen) atoms. The molecule has 1 aromatic carbocycles. The normalized spacial score (nSPS) is 12.0. The van der Waals surface area contributed by atoms with Gasteiger partial charge in [0.15, 0.2) is 0 Å². The number of nitrogen functional groups attached to an aromatic ring is 1. The van der Waals surface area contributed by atoms with Gasteiger partial charge >= 0.3 is 0 Å². The van der Waals surface area contributed by atoms with Crippen LogP contribution in [-0.4, -0.2) is 38.1 Å². The fraction of sp³-hybridized carbons (Fsp3) is 0.500. The molecule has 1 unspecified atom stereocenters. The van der Waals surface area contributed by atoms with Crippen LogP contribution in [0.5, 0.6) is 0 Å². The highest BCUT2D eigenvalue weighted by Gasteiger charge is 2.16. The van der Waals surface area contributed by atoms with E-state index in [0.29, 0.717) is 11.3 Å². The van der Waals surface area contributed by atoms with Gasteiger partial charge in [0.1, 0.15) is 0 Å². The maximum absolute atomic E-state index is 12.4. The van der Waals surface area contributed by atoms with Gasteiger partial charge in [-0.2, -0.15) is 11.8 Å². The fourth-order valence-electron chi connectivity index (χ4n) is 1.85. The summed E-state index contributed by atoms with van der Waals surface area (Å²) in [5, 5.41) is 3.06. The Hall–Kier alpha value is -1.36. The van der Waals surface area contributed by atoms with Crippen molar-refractivity contribution in [2.24, 2.45) is 0 Å². The van der Waals surface area contributed by atoms with Gasteiger partial charge in [-0.25, -0.2) is 0 Å². The Morgan fingerprint density at radius 3 is 2.68 bits per heavy atom. The van der Waals surface area contributed by atoms with Gasteiger partial charge in [-0.15, -0.1) is 0 Å². The molecule has 0 radical (unpaired) electrons. The smallest absolute Gasteiger partial charge is 0.253 e. The lowest BCUT2D eigenvalue weighted by Crippen LogP contribution is -2.36. The molecule has 0 aliphatic heterocycles. The SMILES string of the molecule is CCC(CSC)NC(=O)c1cc(N)ccc1N(C)C. The zero-order chi connectivity index (χ0) is 14.4. The van der Waals surface area contributed by atoms with Crippen LogP contribution in [0.1, 0.15) is 23.7 Å². The van der Waals surface area contributed by atoms with Gasteiger partial charge < -0.3 is 16.0 Å². The van der Waals surface area contributed by atoms with Crippen LogP contribution in [0.4, 0.5) is 11.4 Å². The van der Waals surface area contributed by atoms with Gasteiger partial charge in [0.25, 0.3) is 5.91 Å². The molecule has 1 rings (SSSR count). The molecule has 1 atom stereocenters. The van der Waals surface area contributed by atoms with E-state index in [4.69, 9.17) is 5.73 Å². The molecular formula is C14H23N3OS. The summed E-state index contributed by atoms with van der Waals surface area (Å²) < 4.78 is 0. The Morgan fingerprint density at radius 2 is 2.16 bits per heavy atom. The molecule has 0 aromatic heterocycles. The van der Waals surface area contributed by atoms with Crippen molar-refractivity contribution in [3.05, 3.63) is 23.8 Å². The van der Waals surface area contributed by atoms with Gasteiger partial charge in [0.2, 0.25) is 0 Å². The highest BCUT2D eigenvalue weighted by Crippen LogP contribution is 2.21. The number of nitrogens with one attached hydrogen (secondary N) is 1. The molecule has 0 aliphatic rings. The van der Waals surface area contributed by atoms with Crippen LogP contribution in [0.15, 0.2) is 18.2 Å². The Morgan fingerprint density at radius 1 is 1.47 bits per heavy atom. The van der Waals surface area contributed by atoms with Crippen LogP contribution < -0.4 is 16.0 Å². The van der Waals surface area contributed by atoms with E-state index in [-0.39, 0.29) is 11.9 Å². The topological polar surface area (TPSA) is 58.4 Å². The average Bonchev–Trinajstić information content (AvgIpc) is 2.37. The van der Waals surface area contributed by atoms with Crippen LogP contribution in [0.25, 0.3) is 0 Å². The second kappa shape index (κ2) is 7.28. The summed E-state index contributed by atoms with van der Waals surface area (Å²) in [6.45, 7) is 2.08. The predicted molar refractivity (Wildman–Crippen MR) is 85.1 cm³/mol. The average molecular weight is 281 g/mol. The quantitative estimate of drug-likeness (QED) is 0.785. The highest BCUT2D eigenvalue weighted by atomic mass is 32.2. The number of carbonyl (C=O) groups is 1. The van der Waals surface area contributed by atoms with Crippen molar-refractivity contribution in [2.75, 3.05) is 36.7 Å². The third-order valence-corrected chi connectivity index (χ3v) is 3.68. The van der Waals surface area contributed by atoms with Crippen LogP contribution in [0.2, 0.25) is 0 Å². The molecule has 3 N–H and O–H groups in total. The number of nitrogens with two attached hydrogens (primary N) is 1. The molecule has 0 spiro atoms. The van der Waals surface area contributed by atoms with Gasteiger partial charge in [0.05, 0.1) is 5.56 Å². The molecule has 5 heteroatoms. The first-order chi connectivity index (χ1) is 8.99. The molecule has 0 saturated heterocycles. The van der Waals surface area contributed by atoms with Crippen LogP contribution in [-0.2, 0) is 0 Å². The van der Waals surface area contributed by atoms with Gasteiger partial charge in [-0.1, -0.05) is 6.92 Å². The number of anilines is 2. The summed E-state index contributed by atoms with van der Waals surface area (Å²) in [7, 11) is 3.84. The molecule has 1 aromatic rings. The fourth-order valence-corrected chi connectivity index (χ4v) is 2.57. The number of thioether (sulfide) groups is 1. The van der Waals surface area contributed by atoms with Crippen LogP contribution in [0, 0.1) is 0 Å². The van der Waals surface area contributed by atoms with E-state index in [1.165, 1.54) is 0 Å². The first-order valence-corrected chi connectivity index (χ1v) is 7.75. The van der Waals surface area contributed by atoms with Gasteiger partial charge in [0, 0.05) is 37.3 Å². The molecule has 0 fully saturated rings. The minimum Gasteiger partial charge on any atom is -0.399 e. The number of carbonyl (C=O) groups excluding carboxylic acids is 1. The summed E-state index contributed by atoms with van der Waals surface area (Å²) in [6, 6.07) is 5.61. The Bertz CT molecular complexity index is 435. The van der Waals surface area contributed by atoms with Crippen molar-refractivity contribution in [1.82, 2.24) is 5.32 Å². The van der Waals surface area contributed by atoms with Crippen molar-refractivity contribution >= 4 is 29.0 Å². The molecule has 0 aliphatic carbocycles. The van der Waals surface area contributed by atoms with Crippen molar-refractivity contribution in [3.63, 3.8) is 0 Å². The van der Waals surface area contributed by atoms with E-state index in [1.54, 1.807) is 17.8 Å². The first kappa shape index (κ1) is 15.7. The lowest BCUT2D eigenvalue weighted by molar-refractivity contribution is 0.0940. The molecule has 0 bridgehead atoms. The van der Waals surface area contributed by atoms with E-state index in [9.17, 15) is 4.79 Å². The van der Waals surface area contributed by atoms with Gasteiger partial charge in [-0.05, 0) is 30.9 Å². The minimum absolute atomic E-state index is 0.0584. The number of amides is 1. The standard InChI is InChI=1S/C14H23N3OS/c1-5-11(9-19-4)16-14(18)12-8-10(15)6-7-13(12)17(2)3/h6-8,11H,5,9,15H2,1-4H3,(H,16,18). The molecule has 1 amide bonds. The molecular weight excluding hydrogens is 258 g/mol. The number of benzene rings is 1. The summed E-state index contributed by atoms with van der Waals surface area (Å²) in [5.41, 5.74) is 7.90. The van der Waals surface area contributed by atoms with E-state index >= 15 is 0 Å². The van der Waals surface area contributed by atoms with Crippen molar-refractivity contribution in [2.45, 2.75) is 19.4 Å². The van der Waals surface area contributed by atoms with E-state index in [1.807, 2.05) is 37.4 Å². The van der Waals surface area contributed by atoms with E-state index in [2.05, 4.69) is 12.2 Å². The van der Waals surface area contributed by atoms with E-state index in [0.717, 1.165) is 17.9 Å². The maximum atomic E-state index is 12.4. The number of rotatable bonds is 6. The lowest BCUT2D eigenvalue weighted by Gasteiger charge is -2.20. The molecule has 0 saturated carbocycles. The summed E-state index contributed by atoms with van der Waals surface area (Å²) >= 11 is 1.74. The third kappa shape index (κ3) is 4.35. The number of nitrogens with zero attached hydrogens (tertiary/aromatic N) is 1. The van der Waals surface area contributed by atoms with E-state index < -0.39 is 0 Å². The predicted octanol–water partition coefficient (Wildman–Crippen LogP) is 2.21. The summed E-state index contributed by atoms with van der Waals surface area (Å²) in [5.74, 6) is 0.860. The van der Waals surface area contributed by atoms with Crippen LogP contribution in [0.3, 0.4) is 0 Å². The van der Waals surface area contributed by atoms with Crippen molar-refractivity contribution < 1.29 is 4.79 Å². The van der Waals surface area contributed by atoms with Crippen LogP contribution >= 0.6 is 11.8 Å². The van der Waals surface area contributed by atoms with Gasteiger partial charge in [-0.3, -0.25) is 4.79 Å².